The van der Waals surface area contributed by atoms with Gasteiger partial charge in [-0.15, -0.1) is 0 Å². The summed E-state index contributed by atoms with van der Waals surface area (Å²) in [7, 11) is 0. The highest BCUT2D eigenvalue weighted by Crippen LogP contribution is 2.32. The second-order valence-corrected chi connectivity index (χ2v) is 6.40. The van der Waals surface area contributed by atoms with Gasteiger partial charge in [0.1, 0.15) is 18.0 Å². The monoisotopic (exact) mass is 388 g/mol. The summed E-state index contributed by atoms with van der Waals surface area (Å²) in [5, 5.41) is 7.42. The average molecular weight is 389 g/mol. The fraction of sp³-hybridized carbons (Fsp3) is 0.111. The molecule has 4 rings (SSSR count). The van der Waals surface area contributed by atoms with E-state index in [1.54, 1.807) is 12.1 Å². The average Bonchev–Trinajstić information content (AvgIpc) is 3.11. The highest BCUT2D eigenvalue weighted by Gasteiger charge is 2.13. The second kappa shape index (κ2) is 7.27. The summed E-state index contributed by atoms with van der Waals surface area (Å²) >= 11 is 12.0. The van der Waals surface area contributed by atoms with Gasteiger partial charge in [0.05, 0.1) is 10.0 Å². The molecule has 6 nitrogen and oxygen atoms in total. The number of anilines is 3. The van der Waals surface area contributed by atoms with Crippen molar-refractivity contribution in [2.45, 2.75) is 6.54 Å². The van der Waals surface area contributed by atoms with Crippen LogP contribution in [0.25, 0.3) is 0 Å². The van der Waals surface area contributed by atoms with Crippen LogP contribution in [0.15, 0.2) is 48.8 Å². The van der Waals surface area contributed by atoms with Gasteiger partial charge in [0.25, 0.3) is 0 Å². The van der Waals surface area contributed by atoms with Gasteiger partial charge in [0.2, 0.25) is 6.79 Å². The van der Waals surface area contributed by atoms with Gasteiger partial charge in [-0.3, -0.25) is 0 Å². The Morgan fingerprint density at radius 3 is 2.62 bits per heavy atom. The summed E-state index contributed by atoms with van der Waals surface area (Å²) in [5.74, 6) is 2.87. The van der Waals surface area contributed by atoms with Crippen molar-refractivity contribution in [1.82, 2.24) is 9.97 Å². The third-order valence-corrected chi connectivity index (χ3v) is 4.51. The molecule has 26 heavy (non-hydrogen) atoms. The Bertz CT molecular complexity index is 952. The lowest BCUT2D eigenvalue weighted by Crippen LogP contribution is -2.03. The standard InChI is InChI=1S/C18H14Cl2N4O2/c19-13-3-2-12(6-14(13)20)24-18-7-17(22-9-23-18)21-8-11-1-4-15-16(5-11)26-10-25-15/h1-7,9H,8,10H2,(H2,21,22,23,24). The normalized spacial score (nSPS) is 12.1. The van der Waals surface area contributed by atoms with Gasteiger partial charge in [0, 0.05) is 18.3 Å². The third-order valence-electron chi connectivity index (χ3n) is 3.77. The zero-order valence-corrected chi connectivity index (χ0v) is 15.0. The lowest BCUT2D eigenvalue weighted by atomic mass is 10.2. The number of nitrogens with one attached hydrogen (secondary N) is 2. The topological polar surface area (TPSA) is 68.3 Å². The highest BCUT2D eigenvalue weighted by molar-refractivity contribution is 6.42. The number of rotatable bonds is 5. The van der Waals surface area contributed by atoms with Crippen molar-refractivity contribution in [3.8, 4) is 11.5 Å². The van der Waals surface area contributed by atoms with Gasteiger partial charge >= 0.3 is 0 Å². The van der Waals surface area contributed by atoms with Crippen LogP contribution in [0.5, 0.6) is 11.5 Å². The highest BCUT2D eigenvalue weighted by atomic mass is 35.5. The summed E-state index contributed by atoms with van der Waals surface area (Å²) in [6.07, 6.45) is 1.49. The zero-order chi connectivity index (χ0) is 17.9. The second-order valence-electron chi connectivity index (χ2n) is 5.58. The van der Waals surface area contributed by atoms with E-state index in [9.17, 15) is 0 Å². The van der Waals surface area contributed by atoms with E-state index in [-0.39, 0.29) is 6.79 Å². The van der Waals surface area contributed by atoms with E-state index in [1.165, 1.54) is 6.33 Å². The van der Waals surface area contributed by atoms with Crippen LogP contribution in [0.1, 0.15) is 5.56 Å². The van der Waals surface area contributed by atoms with Crippen molar-refractivity contribution in [3.05, 3.63) is 64.4 Å². The van der Waals surface area contributed by atoms with Crippen molar-refractivity contribution < 1.29 is 9.47 Å². The predicted molar refractivity (Wildman–Crippen MR) is 102 cm³/mol. The number of ether oxygens (including phenoxy) is 2. The number of hydrogen-bond acceptors (Lipinski definition) is 6. The molecule has 8 heteroatoms. The Morgan fingerprint density at radius 2 is 1.73 bits per heavy atom. The van der Waals surface area contributed by atoms with Crippen LogP contribution in [0.3, 0.4) is 0 Å². The van der Waals surface area contributed by atoms with E-state index >= 15 is 0 Å². The molecule has 2 aromatic carbocycles. The summed E-state index contributed by atoms with van der Waals surface area (Å²) in [6, 6.07) is 12.9. The Hall–Kier alpha value is -2.70. The molecule has 2 N–H and O–H groups in total. The lowest BCUT2D eigenvalue weighted by Gasteiger charge is -2.10. The van der Waals surface area contributed by atoms with Crippen molar-refractivity contribution >= 4 is 40.5 Å². The zero-order valence-electron chi connectivity index (χ0n) is 13.5. The number of hydrogen-bond donors (Lipinski definition) is 2. The van der Waals surface area contributed by atoms with Crippen LogP contribution in [-0.4, -0.2) is 16.8 Å². The quantitative estimate of drug-likeness (QED) is 0.649. The molecule has 0 saturated heterocycles. The molecule has 0 radical (unpaired) electrons. The van der Waals surface area contributed by atoms with Gasteiger partial charge in [-0.05, 0) is 35.9 Å². The molecule has 0 fully saturated rings. The summed E-state index contributed by atoms with van der Waals surface area (Å²) in [4.78, 5) is 8.45. The number of halogens is 2. The number of fused-ring (bicyclic) bond motifs is 1. The molecule has 0 amide bonds. The fourth-order valence-corrected chi connectivity index (χ4v) is 2.79. The Kier molecular flexibility index (Phi) is 4.69. The maximum absolute atomic E-state index is 6.03. The molecule has 132 valence electrons. The molecular formula is C18H14Cl2N4O2. The number of aromatic nitrogens is 2. The largest absolute Gasteiger partial charge is 0.454 e. The van der Waals surface area contributed by atoms with Crippen LogP contribution >= 0.6 is 23.2 Å². The van der Waals surface area contributed by atoms with Crippen molar-refractivity contribution in [2.24, 2.45) is 0 Å². The van der Waals surface area contributed by atoms with Gasteiger partial charge in [-0.1, -0.05) is 29.3 Å². The summed E-state index contributed by atoms with van der Waals surface area (Å²) in [6.45, 7) is 0.863. The number of nitrogens with zero attached hydrogens (tertiary/aromatic N) is 2. The molecule has 1 aliphatic rings. The minimum atomic E-state index is 0.266. The minimum Gasteiger partial charge on any atom is -0.454 e. The molecule has 0 saturated carbocycles. The summed E-state index contributed by atoms with van der Waals surface area (Å²) in [5.41, 5.74) is 1.85. The molecule has 3 aromatic rings. The first kappa shape index (κ1) is 16.8. The van der Waals surface area contributed by atoms with Crippen LogP contribution < -0.4 is 20.1 Å². The lowest BCUT2D eigenvalue weighted by molar-refractivity contribution is 0.174. The SMILES string of the molecule is Clc1ccc(Nc2cc(NCc3ccc4c(c3)OCO4)ncn2)cc1Cl. The number of benzene rings is 2. The van der Waals surface area contributed by atoms with Crippen molar-refractivity contribution in [2.75, 3.05) is 17.4 Å². The van der Waals surface area contributed by atoms with Crippen molar-refractivity contribution in [3.63, 3.8) is 0 Å². The Balaban J connectivity index is 1.43. The van der Waals surface area contributed by atoms with E-state index in [2.05, 4.69) is 20.6 Å². The first-order chi connectivity index (χ1) is 12.7. The molecule has 1 aliphatic heterocycles. The molecule has 0 unspecified atom stereocenters. The molecule has 0 aliphatic carbocycles. The maximum Gasteiger partial charge on any atom is 0.231 e. The van der Waals surface area contributed by atoms with Crippen LogP contribution in [-0.2, 0) is 6.54 Å². The molecule has 1 aromatic heterocycles. The van der Waals surface area contributed by atoms with Crippen LogP contribution in [0, 0.1) is 0 Å². The molecular weight excluding hydrogens is 375 g/mol. The van der Waals surface area contributed by atoms with Gasteiger partial charge < -0.3 is 20.1 Å². The molecule has 0 bridgehead atoms. The molecule has 0 spiro atoms. The Labute approximate surface area is 160 Å². The summed E-state index contributed by atoms with van der Waals surface area (Å²) < 4.78 is 10.7. The van der Waals surface area contributed by atoms with E-state index in [0.717, 1.165) is 22.7 Å². The maximum atomic E-state index is 6.03. The van der Waals surface area contributed by atoms with E-state index in [0.29, 0.717) is 28.2 Å². The predicted octanol–water partition coefficient (Wildman–Crippen LogP) is 4.87. The minimum absolute atomic E-state index is 0.266. The molecule has 2 heterocycles. The first-order valence-electron chi connectivity index (χ1n) is 7.84. The first-order valence-corrected chi connectivity index (χ1v) is 8.59. The fourth-order valence-electron chi connectivity index (χ4n) is 2.49. The van der Waals surface area contributed by atoms with Gasteiger partial charge in [0.15, 0.2) is 11.5 Å². The Morgan fingerprint density at radius 1 is 0.885 bits per heavy atom. The van der Waals surface area contributed by atoms with Crippen LogP contribution in [0.4, 0.5) is 17.3 Å². The van der Waals surface area contributed by atoms with E-state index in [1.807, 2.05) is 30.3 Å². The van der Waals surface area contributed by atoms with Gasteiger partial charge in [-0.2, -0.15) is 0 Å². The molecule has 0 atom stereocenters. The smallest absolute Gasteiger partial charge is 0.231 e. The van der Waals surface area contributed by atoms with Crippen LogP contribution in [0.2, 0.25) is 10.0 Å². The van der Waals surface area contributed by atoms with Gasteiger partial charge in [-0.25, -0.2) is 9.97 Å². The third kappa shape index (κ3) is 3.76. The van der Waals surface area contributed by atoms with Crippen molar-refractivity contribution in [1.29, 1.82) is 0 Å². The van der Waals surface area contributed by atoms with E-state index < -0.39 is 0 Å². The van der Waals surface area contributed by atoms with E-state index in [4.69, 9.17) is 32.7 Å².